The van der Waals surface area contributed by atoms with Gasteiger partial charge in [-0.15, -0.1) is 0 Å². The van der Waals surface area contributed by atoms with Crippen LogP contribution in [-0.4, -0.2) is 43.9 Å². The van der Waals surface area contributed by atoms with E-state index in [0.717, 1.165) is 23.0 Å². The van der Waals surface area contributed by atoms with Crippen LogP contribution in [0.2, 0.25) is 10.0 Å². The molecule has 1 heterocycles. The predicted octanol–water partition coefficient (Wildman–Crippen LogP) is 6.18. The van der Waals surface area contributed by atoms with Crippen LogP contribution in [0.3, 0.4) is 0 Å². The maximum atomic E-state index is 13.4. The lowest BCUT2D eigenvalue weighted by Crippen LogP contribution is -2.31. The number of aliphatic imine (C=N–C) groups is 1. The molecule has 0 aromatic heterocycles. The molecule has 0 fully saturated rings. The van der Waals surface area contributed by atoms with Gasteiger partial charge in [0.2, 0.25) is 5.91 Å². The number of nitrogens with zero attached hydrogens (tertiary/aromatic N) is 3. The highest BCUT2D eigenvalue weighted by molar-refractivity contribution is 8.14. The lowest BCUT2D eigenvalue weighted by Gasteiger charge is -2.19. The summed E-state index contributed by atoms with van der Waals surface area (Å²) in [6.45, 7) is 0. The molecular formula is C27H24Cl2N4O3S. The van der Waals surface area contributed by atoms with Crippen molar-refractivity contribution in [2.75, 3.05) is 42.1 Å². The smallest absolute Gasteiger partial charge is 0.283 e. The Morgan fingerprint density at radius 1 is 1.08 bits per heavy atom. The molecule has 2 amide bonds. The van der Waals surface area contributed by atoms with Crippen LogP contribution >= 0.6 is 35.0 Å². The SMILES string of the molecule is COc1ccc(/C=C2/N=C(SCC(=O)Nc3ccc(Cl)cc3Cl)N(c3ccc(N(C)C)cc3)C2=O)cc1. The Kier molecular flexibility index (Phi) is 8.43. The van der Waals surface area contributed by atoms with Gasteiger partial charge in [0.05, 0.1) is 29.3 Å². The van der Waals surface area contributed by atoms with E-state index in [1.807, 2.05) is 67.5 Å². The van der Waals surface area contributed by atoms with Gasteiger partial charge in [-0.3, -0.25) is 14.5 Å². The zero-order chi connectivity index (χ0) is 26.5. The molecule has 10 heteroatoms. The highest BCUT2D eigenvalue weighted by Crippen LogP contribution is 2.31. The van der Waals surface area contributed by atoms with Crippen LogP contribution in [0.25, 0.3) is 6.08 Å². The number of hydrogen-bond acceptors (Lipinski definition) is 6. The summed E-state index contributed by atoms with van der Waals surface area (Å²) in [5.74, 6) is 0.165. The van der Waals surface area contributed by atoms with Gasteiger partial charge < -0.3 is 15.0 Å². The number of hydrogen-bond donors (Lipinski definition) is 1. The molecule has 190 valence electrons. The van der Waals surface area contributed by atoms with E-state index in [0.29, 0.717) is 32.3 Å². The van der Waals surface area contributed by atoms with Crippen LogP contribution in [-0.2, 0) is 9.59 Å². The molecule has 3 aromatic carbocycles. The summed E-state index contributed by atoms with van der Waals surface area (Å²) in [5.41, 5.74) is 3.18. The fourth-order valence-corrected chi connectivity index (χ4v) is 4.75. The van der Waals surface area contributed by atoms with E-state index in [1.54, 1.807) is 31.4 Å². The van der Waals surface area contributed by atoms with Crippen molar-refractivity contribution in [1.29, 1.82) is 0 Å². The van der Waals surface area contributed by atoms with E-state index in [-0.39, 0.29) is 23.3 Å². The molecule has 1 aliphatic heterocycles. The third kappa shape index (κ3) is 6.46. The molecule has 0 saturated heterocycles. The van der Waals surface area contributed by atoms with E-state index < -0.39 is 0 Å². The van der Waals surface area contributed by atoms with Crippen LogP contribution in [0.5, 0.6) is 5.75 Å². The largest absolute Gasteiger partial charge is 0.497 e. The second-order valence-electron chi connectivity index (χ2n) is 8.21. The summed E-state index contributed by atoms with van der Waals surface area (Å²) in [5, 5.41) is 3.99. The van der Waals surface area contributed by atoms with Gasteiger partial charge in [-0.2, -0.15) is 0 Å². The van der Waals surface area contributed by atoms with Gasteiger partial charge in [0.15, 0.2) is 5.17 Å². The molecule has 0 aliphatic carbocycles. The first-order chi connectivity index (χ1) is 17.7. The molecule has 0 unspecified atom stereocenters. The van der Waals surface area contributed by atoms with E-state index in [2.05, 4.69) is 10.3 Å². The van der Waals surface area contributed by atoms with Crippen molar-refractivity contribution in [3.63, 3.8) is 0 Å². The third-order valence-electron chi connectivity index (χ3n) is 5.41. The van der Waals surface area contributed by atoms with Gasteiger partial charge in [-0.05, 0) is 66.2 Å². The van der Waals surface area contributed by atoms with Crippen molar-refractivity contribution in [3.8, 4) is 5.75 Å². The number of thioether (sulfide) groups is 1. The van der Waals surface area contributed by atoms with E-state index in [9.17, 15) is 9.59 Å². The minimum absolute atomic E-state index is 0.0210. The molecule has 0 saturated carbocycles. The number of rotatable bonds is 7. The summed E-state index contributed by atoms with van der Waals surface area (Å²) < 4.78 is 5.21. The van der Waals surface area contributed by atoms with Gasteiger partial charge in [0.1, 0.15) is 11.4 Å². The van der Waals surface area contributed by atoms with Crippen molar-refractivity contribution in [1.82, 2.24) is 0 Å². The molecule has 37 heavy (non-hydrogen) atoms. The summed E-state index contributed by atoms with van der Waals surface area (Å²) >= 11 is 13.3. The Bertz CT molecular complexity index is 1370. The van der Waals surface area contributed by atoms with Crippen molar-refractivity contribution >= 4 is 75.1 Å². The van der Waals surface area contributed by atoms with E-state index in [4.69, 9.17) is 27.9 Å². The molecule has 7 nitrogen and oxygen atoms in total. The quantitative estimate of drug-likeness (QED) is 0.353. The predicted molar refractivity (Wildman–Crippen MR) is 154 cm³/mol. The summed E-state index contributed by atoms with van der Waals surface area (Å²) in [7, 11) is 5.48. The molecular weight excluding hydrogens is 531 g/mol. The van der Waals surface area contributed by atoms with Gasteiger partial charge in [-0.1, -0.05) is 47.1 Å². The molecule has 4 rings (SSSR count). The molecule has 1 N–H and O–H groups in total. The van der Waals surface area contributed by atoms with Crippen LogP contribution in [0, 0.1) is 0 Å². The average Bonchev–Trinajstić information content (AvgIpc) is 3.19. The third-order valence-corrected chi connectivity index (χ3v) is 6.90. The van der Waals surface area contributed by atoms with Crippen LogP contribution < -0.4 is 19.9 Å². The normalized spacial score (nSPS) is 14.1. The van der Waals surface area contributed by atoms with Gasteiger partial charge in [0.25, 0.3) is 5.91 Å². The monoisotopic (exact) mass is 554 g/mol. The maximum absolute atomic E-state index is 13.4. The molecule has 3 aromatic rings. The molecule has 0 radical (unpaired) electrons. The Labute approximate surface area is 229 Å². The number of amidine groups is 1. The molecule has 0 spiro atoms. The summed E-state index contributed by atoms with van der Waals surface area (Å²) in [6, 6.07) is 19.7. The van der Waals surface area contributed by atoms with Gasteiger partial charge >= 0.3 is 0 Å². The summed E-state index contributed by atoms with van der Waals surface area (Å²) in [4.78, 5) is 34.2. The lowest BCUT2D eigenvalue weighted by atomic mass is 10.2. The van der Waals surface area contributed by atoms with Crippen LogP contribution in [0.15, 0.2) is 77.4 Å². The second kappa shape index (κ2) is 11.7. The first-order valence-electron chi connectivity index (χ1n) is 11.2. The number of methoxy groups -OCH3 is 1. The van der Waals surface area contributed by atoms with E-state index >= 15 is 0 Å². The first kappa shape index (κ1) is 26.6. The van der Waals surface area contributed by atoms with Crippen molar-refractivity contribution in [2.45, 2.75) is 0 Å². The zero-order valence-corrected chi connectivity index (χ0v) is 22.7. The van der Waals surface area contributed by atoms with Gasteiger partial charge in [-0.25, -0.2) is 4.99 Å². The maximum Gasteiger partial charge on any atom is 0.283 e. The number of carbonyl (C=O) groups is 2. The average molecular weight is 555 g/mol. The molecule has 1 aliphatic rings. The fraction of sp³-hybridized carbons (Fsp3) is 0.148. The van der Waals surface area contributed by atoms with Crippen molar-refractivity contribution in [3.05, 3.63) is 88.0 Å². The Hall–Kier alpha value is -3.46. The molecule has 0 bridgehead atoms. The van der Waals surface area contributed by atoms with Crippen LogP contribution in [0.4, 0.5) is 17.1 Å². The lowest BCUT2D eigenvalue weighted by molar-refractivity contribution is -0.114. The van der Waals surface area contributed by atoms with Crippen LogP contribution in [0.1, 0.15) is 5.56 Å². The number of benzene rings is 3. The molecule has 0 atom stereocenters. The first-order valence-corrected chi connectivity index (χ1v) is 12.9. The zero-order valence-electron chi connectivity index (χ0n) is 20.4. The number of anilines is 3. The number of halogens is 2. The minimum Gasteiger partial charge on any atom is -0.497 e. The van der Waals surface area contributed by atoms with Crippen molar-refractivity contribution in [2.24, 2.45) is 4.99 Å². The number of ether oxygens (including phenoxy) is 1. The second-order valence-corrected chi connectivity index (χ2v) is 10.00. The highest BCUT2D eigenvalue weighted by atomic mass is 35.5. The number of carbonyl (C=O) groups excluding carboxylic acids is 2. The Morgan fingerprint density at radius 2 is 1.78 bits per heavy atom. The standard InChI is InChI=1S/C27H24Cl2N4O3S/c1-32(2)19-7-9-20(10-8-19)33-26(35)24(14-17-4-11-21(36-3)12-5-17)31-27(33)37-16-25(34)30-23-13-6-18(28)15-22(23)29/h4-15H,16H2,1-3H3,(H,30,34)/b24-14+. The summed E-state index contributed by atoms with van der Waals surface area (Å²) in [6.07, 6.45) is 1.71. The van der Waals surface area contributed by atoms with Gasteiger partial charge in [0, 0.05) is 24.8 Å². The fourth-order valence-electron chi connectivity index (χ4n) is 3.49. The number of amides is 2. The highest BCUT2D eigenvalue weighted by Gasteiger charge is 2.32. The topological polar surface area (TPSA) is 74.2 Å². The van der Waals surface area contributed by atoms with E-state index in [1.165, 1.54) is 4.90 Å². The van der Waals surface area contributed by atoms with Crippen molar-refractivity contribution < 1.29 is 14.3 Å². The Balaban J connectivity index is 1.58. The number of nitrogens with one attached hydrogen (secondary N) is 1. The minimum atomic E-state index is -0.292. The Morgan fingerprint density at radius 3 is 2.41 bits per heavy atom.